The largest absolute Gasteiger partial charge is 0.396 e. The van der Waals surface area contributed by atoms with E-state index in [2.05, 4.69) is 5.32 Å². The minimum atomic E-state index is -0.848. The number of carbonyl (C=O) groups is 2. The molecule has 0 radical (unpaired) electrons. The fourth-order valence-electron chi connectivity index (χ4n) is 5.42. The van der Waals surface area contributed by atoms with Crippen molar-refractivity contribution in [1.82, 2.24) is 15.1 Å². The Bertz CT molecular complexity index is 1130. The number of fused-ring (bicyclic) bond motifs is 1. The van der Waals surface area contributed by atoms with Crippen LogP contribution in [0.5, 0.6) is 0 Å². The number of amides is 2. The van der Waals surface area contributed by atoms with E-state index in [0.717, 1.165) is 41.0 Å². The maximum absolute atomic E-state index is 13.6. The number of carbonyl (C=O) groups excluding carboxylic acids is 2. The molecule has 0 bridgehead atoms. The molecule has 9 heteroatoms. The zero-order valence-corrected chi connectivity index (χ0v) is 19.4. The zero-order chi connectivity index (χ0) is 23.3. The molecule has 2 aromatic rings. The molecule has 0 spiro atoms. The van der Waals surface area contributed by atoms with E-state index in [1.165, 1.54) is 28.7 Å². The van der Waals surface area contributed by atoms with Gasteiger partial charge in [0.2, 0.25) is 11.8 Å². The Morgan fingerprint density at radius 3 is 2.73 bits per heavy atom. The van der Waals surface area contributed by atoms with Gasteiger partial charge >= 0.3 is 0 Å². The van der Waals surface area contributed by atoms with Crippen LogP contribution >= 0.6 is 11.3 Å². The second-order valence-electron chi connectivity index (χ2n) is 9.35. The number of nitrogens with one attached hydrogen (secondary N) is 2. The number of thiophene rings is 1. The summed E-state index contributed by atoms with van der Waals surface area (Å²) < 4.78 is 13.6. The molecule has 1 aromatic carbocycles. The minimum Gasteiger partial charge on any atom is -0.396 e. The van der Waals surface area contributed by atoms with Crippen molar-refractivity contribution in [3.63, 3.8) is 0 Å². The molecule has 33 heavy (non-hydrogen) atoms. The Hall–Kier alpha value is -2.94. The van der Waals surface area contributed by atoms with Crippen LogP contribution < -0.4 is 11.1 Å². The third-order valence-corrected chi connectivity index (χ3v) is 8.65. The number of nitrogens with two attached hydrogens (primary N) is 1. The van der Waals surface area contributed by atoms with Crippen molar-refractivity contribution >= 4 is 34.8 Å². The van der Waals surface area contributed by atoms with E-state index >= 15 is 0 Å². The summed E-state index contributed by atoms with van der Waals surface area (Å²) in [7, 11) is 1.59. The predicted molar refractivity (Wildman–Crippen MR) is 126 cm³/mol. The molecule has 1 aromatic heterocycles. The first-order chi connectivity index (χ1) is 15.8. The lowest BCUT2D eigenvalue weighted by molar-refractivity contribution is -0.136. The van der Waals surface area contributed by atoms with Crippen LogP contribution in [0.3, 0.4) is 0 Å². The lowest BCUT2D eigenvalue weighted by Gasteiger charge is -2.42. The number of nitrogens with zero attached hydrogens (tertiary/aromatic N) is 2. The van der Waals surface area contributed by atoms with Crippen LogP contribution in [0.25, 0.3) is 10.4 Å². The van der Waals surface area contributed by atoms with E-state index in [1.54, 1.807) is 19.2 Å². The first-order valence-corrected chi connectivity index (χ1v) is 12.2. The molecule has 2 atom stereocenters. The van der Waals surface area contributed by atoms with Crippen molar-refractivity contribution in [3.05, 3.63) is 41.0 Å². The Morgan fingerprint density at radius 1 is 1.24 bits per heavy atom. The number of hydrogen-bond donors (Lipinski definition) is 3. The Kier molecular flexibility index (Phi) is 5.39. The summed E-state index contributed by atoms with van der Waals surface area (Å²) in [6.45, 7) is 0.690. The third kappa shape index (κ3) is 3.58. The maximum Gasteiger partial charge on any atom is 0.236 e. The van der Waals surface area contributed by atoms with Crippen LogP contribution in [-0.4, -0.2) is 47.7 Å². The number of hydrogen-bond acceptors (Lipinski definition) is 5. The molecule has 3 heterocycles. The van der Waals surface area contributed by atoms with E-state index in [-0.39, 0.29) is 29.4 Å². The first-order valence-electron chi connectivity index (χ1n) is 11.4. The monoisotopic (exact) mass is 469 g/mol. The second-order valence-corrected chi connectivity index (χ2v) is 10.4. The number of likely N-dealkylation sites (tertiary alicyclic amines) is 1. The number of nitrogen functional groups attached to an aromatic ring is 1. The Labute approximate surface area is 196 Å². The molecule has 3 aliphatic rings. The van der Waals surface area contributed by atoms with Crippen LogP contribution in [0.2, 0.25) is 0 Å². The van der Waals surface area contributed by atoms with E-state index in [0.29, 0.717) is 13.1 Å². The van der Waals surface area contributed by atoms with Crippen LogP contribution in [0.15, 0.2) is 30.3 Å². The highest BCUT2D eigenvalue weighted by Crippen LogP contribution is 2.45. The van der Waals surface area contributed by atoms with Crippen molar-refractivity contribution < 1.29 is 14.0 Å². The standard InChI is InChI=1S/C24H28FN5O2S/c1-29-22(32)16-12-30(21(31)14-5-3-2-4-6-14)13-24(16,28-23(29)27)20-10-9-19(33-20)15-7-8-17(25)18(26)11-15/h7-11,14,16H,2-6,12-13,26H2,1H3,(H2,27,28). The normalized spacial score (nSPS) is 25.8. The van der Waals surface area contributed by atoms with Gasteiger partial charge in [-0.1, -0.05) is 25.3 Å². The van der Waals surface area contributed by atoms with Gasteiger partial charge in [-0.2, -0.15) is 0 Å². The van der Waals surface area contributed by atoms with E-state index < -0.39 is 17.3 Å². The summed E-state index contributed by atoms with van der Waals surface area (Å²) in [6.07, 6.45) is 5.11. The van der Waals surface area contributed by atoms with Gasteiger partial charge in [-0.3, -0.25) is 19.9 Å². The van der Waals surface area contributed by atoms with Gasteiger partial charge in [-0.15, -0.1) is 11.3 Å². The number of guanidine groups is 1. The molecule has 2 aliphatic heterocycles. The highest BCUT2D eigenvalue weighted by atomic mass is 32.1. The van der Waals surface area contributed by atoms with Crippen molar-refractivity contribution in [3.8, 4) is 10.4 Å². The van der Waals surface area contributed by atoms with E-state index in [1.807, 2.05) is 17.0 Å². The number of rotatable bonds is 3. The highest BCUT2D eigenvalue weighted by Gasteiger charge is 2.58. The molecule has 4 N–H and O–H groups in total. The molecule has 1 saturated carbocycles. The van der Waals surface area contributed by atoms with Crippen LogP contribution in [0.1, 0.15) is 37.0 Å². The highest BCUT2D eigenvalue weighted by molar-refractivity contribution is 7.15. The van der Waals surface area contributed by atoms with E-state index in [9.17, 15) is 14.0 Å². The topological polar surface area (TPSA) is 103 Å². The molecule has 2 amide bonds. The number of benzene rings is 1. The molecular formula is C24H28FN5O2S. The second kappa shape index (κ2) is 8.13. The molecule has 5 rings (SSSR count). The van der Waals surface area contributed by atoms with Crippen molar-refractivity contribution in [1.29, 1.82) is 5.41 Å². The third-order valence-electron chi connectivity index (χ3n) is 7.34. The van der Waals surface area contributed by atoms with Crippen molar-refractivity contribution in [2.45, 2.75) is 37.6 Å². The molecular weight excluding hydrogens is 441 g/mol. The van der Waals surface area contributed by atoms with Gasteiger partial charge in [-0.05, 0) is 42.7 Å². The number of anilines is 1. The van der Waals surface area contributed by atoms with Gasteiger partial charge < -0.3 is 16.0 Å². The maximum atomic E-state index is 13.6. The lowest BCUT2D eigenvalue weighted by atomic mass is 9.83. The molecule has 2 unspecified atom stereocenters. The van der Waals surface area contributed by atoms with Crippen LogP contribution in [0.4, 0.5) is 10.1 Å². The predicted octanol–water partition coefficient (Wildman–Crippen LogP) is 3.37. The smallest absolute Gasteiger partial charge is 0.236 e. The summed E-state index contributed by atoms with van der Waals surface area (Å²) in [5.74, 6) is -0.922. The van der Waals surface area contributed by atoms with Gasteiger partial charge in [0.1, 0.15) is 11.4 Å². The summed E-state index contributed by atoms with van der Waals surface area (Å²) in [5, 5.41) is 11.7. The summed E-state index contributed by atoms with van der Waals surface area (Å²) in [4.78, 5) is 31.5. The summed E-state index contributed by atoms with van der Waals surface area (Å²) in [6, 6.07) is 8.50. The minimum absolute atomic E-state index is 0.0179. The molecule has 7 nitrogen and oxygen atoms in total. The summed E-state index contributed by atoms with van der Waals surface area (Å²) in [5.41, 5.74) is 5.79. The zero-order valence-electron chi connectivity index (χ0n) is 18.6. The molecule has 1 aliphatic carbocycles. The van der Waals surface area contributed by atoms with Gasteiger partial charge in [0.25, 0.3) is 0 Å². The Morgan fingerprint density at radius 2 is 2.00 bits per heavy atom. The molecule has 3 fully saturated rings. The van der Waals surface area contributed by atoms with Crippen molar-refractivity contribution in [2.75, 3.05) is 25.9 Å². The van der Waals surface area contributed by atoms with E-state index in [4.69, 9.17) is 11.1 Å². The fraction of sp³-hybridized carbons (Fsp3) is 0.458. The van der Waals surface area contributed by atoms with Crippen LogP contribution in [0, 0.1) is 23.1 Å². The molecule has 2 saturated heterocycles. The first kappa shape index (κ1) is 21.9. The quantitative estimate of drug-likeness (QED) is 0.600. The van der Waals surface area contributed by atoms with Crippen LogP contribution in [-0.2, 0) is 15.1 Å². The van der Waals surface area contributed by atoms with Gasteiger partial charge in [0.15, 0.2) is 5.96 Å². The van der Waals surface area contributed by atoms with Gasteiger partial charge in [0.05, 0.1) is 11.6 Å². The fourth-order valence-corrected chi connectivity index (χ4v) is 6.62. The average Bonchev–Trinajstić information content (AvgIpc) is 3.46. The molecule has 174 valence electrons. The average molecular weight is 470 g/mol. The van der Waals surface area contributed by atoms with Crippen molar-refractivity contribution in [2.24, 2.45) is 11.8 Å². The Balaban J connectivity index is 1.50. The van der Waals surface area contributed by atoms with Gasteiger partial charge in [-0.25, -0.2) is 4.39 Å². The summed E-state index contributed by atoms with van der Waals surface area (Å²) >= 11 is 1.48. The number of halogens is 1. The van der Waals surface area contributed by atoms with Gasteiger partial charge in [0, 0.05) is 35.8 Å². The lowest BCUT2D eigenvalue weighted by Crippen LogP contribution is -2.64. The SMILES string of the molecule is CN1C(=N)NC2(c3ccc(-c4ccc(F)c(N)c4)s3)CN(C(=O)C3CCCCC3)CC2C1=O.